The molecule has 5 nitrogen and oxygen atoms in total. The third-order valence-corrected chi connectivity index (χ3v) is 4.61. The Bertz CT molecular complexity index is 429. The Hall–Kier alpha value is -1.17. The van der Waals surface area contributed by atoms with Crippen molar-refractivity contribution in [1.82, 2.24) is 15.1 Å². The molecule has 1 fully saturated rings. The highest BCUT2D eigenvalue weighted by molar-refractivity contribution is 7.17. The maximum Gasteiger partial charge on any atom is 0.284 e. The molecule has 1 aliphatic carbocycles. The van der Waals surface area contributed by atoms with Crippen LogP contribution in [0, 0.1) is 5.92 Å². The van der Waals surface area contributed by atoms with Gasteiger partial charge in [-0.2, -0.15) is 0 Å². The van der Waals surface area contributed by atoms with E-state index >= 15 is 0 Å². The first-order valence-electron chi connectivity index (χ1n) is 7.53. The molecule has 1 aliphatic rings. The van der Waals surface area contributed by atoms with Gasteiger partial charge in [0.25, 0.3) is 5.91 Å². The molecule has 0 radical (unpaired) electrons. The van der Waals surface area contributed by atoms with Gasteiger partial charge in [-0.1, -0.05) is 37.5 Å². The summed E-state index contributed by atoms with van der Waals surface area (Å²) in [4.78, 5) is 14.1. The second-order valence-electron chi connectivity index (χ2n) is 5.53. The highest BCUT2D eigenvalue weighted by Crippen LogP contribution is 2.25. The maximum absolute atomic E-state index is 12.3. The smallest absolute Gasteiger partial charge is 0.284 e. The monoisotopic (exact) mass is 296 g/mol. The fourth-order valence-electron chi connectivity index (χ4n) is 2.62. The van der Waals surface area contributed by atoms with E-state index < -0.39 is 0 Å². The van der Waals surface area contributed by atoms with Crippen LogP contribution in [0.5, 0.6) is 0 Å². The third kappa shape index (κ3) is 4.16. The van der Waals surface area contributed by atoms with Gasteiger partial charge >= 0.3 is 0 Å². The second kappa shape index (κ2) is 7.57. The summed E-state index contributed by atoms with van der Waals surface area (Å²) in [7, 11) is 1.87. The molecule has 6 heteroatoms. The predicted molar refractivity (Wildman–Crippen MR) is 82.2 cm³/mol. The molecular weight excluding hydrogens is 272 g/mol. The van der Waals surface area contributed by atoms with Crippen LogP contribution in [0.3, 0.4) is 0 Å². The van der Waals surface area contributed by atoms with Crippen molar-refractivity contribution in [3.63, 3.8) is 0 Å². The van der Waals surface area contributed by atoms with Gasteiger partial charge in [-0.15, -0.1) is 10.2 Å². The van der Waals surface area contributed by atoms with E-state index in [0.717, 1.165) is 24.6 Å². The Labute approximate surface area is 124 Å². The largest absolute Gasteiger partial charge is 0.360 e. The molecule has 1 amide bonds. The average Bonchev–Trinajstić information content (AvgIpc) is 2.94. The third-order valence-electron chi connectivity index (χ3n) is 3.74. The van der Waals surface area contributed by atoms with E-state index in [1.807, 2.05) is 7.05 Å². The van der Waals surface area contributed by atoms with E-state index in [1.165, 1.54) is 43.4 Å². The van der Waals surface area contributed by atoms with Crippen molar-refractivity contribution in [3.8, 4) is 0 Å². The summed E-state index contributed by atoms with van der Waals surface area (Å²) in [6, 6.07) is 0. The highest BCUT2D eigenvalue weighted by Gasteiger charge is 2.21. The quantitative estimate of drug-likeness (QED) is 0.876. The van der Waals surface area contributed by atoms with Crippen LogP contribution in [0.1, 0.15) is 55.3 Å². The summed E-state index contributed by atoms with van der Waals surface area (Å²) in [6.45, 7) is 3.80. The topological polar surface area (TPSA) is 58.1 Å². The van der Waals surface area contributed by atoms with Crippen molar-refractivity contribution in [1.29, 1.82) is 0 Å². The van der Waals surface area contributed by atoms with E-state index in [4.69, 9.17) is 0 Å². The number of aromatic nitrogens is 2. The van der Waals surface area contributed by atoms with Gasteiger partial charge in [-0.25, -0.2) is 0 Å². The Balaban J connectivity index is 1.87. The van der Waals surface area contributed by atoms with Gasteiger partial charge in [0.15, 0.2) is 0 Å². The van der Waals surface area contributed by atoms with Crippen LogP contribution in [-0.2, 0) is 0 Å². The predicted octanol–water partition coefficient (Wildman–Crippen LogP) is 3.01. The summed E-state index contributed by atoms with van der Waals surface area (Å²) in [5.74, 6) is 0.654. The number of anilines is 1. The molecule has 1 N–H and O–H groups in total. The maximum atomic E-state index is 12.3. The van der Waals surface area contributed by atoms with Crippen molar-refractivity contribution in [2.45, 2.75) is 45.4 Å². The van der Waals surface area contributed by atoms with Gasteiger partial charge in [0, 0.05) is 20.1 Å². The number of amides is 1. The van der Waals surface area contributed by atoms with Crippen LogP contribution in [0.2, 0.25) is 0 Å². The average molecular weight is 296 g/mol. The standard InChI is InChI=1S/C14H24N4OS/c1-3-9-15-14-17-16-12(20-14)13(19)18(2)10-11-7-5-4-6-8-11/h11H,3-10H2,1-2H3,(H,15,17). The van der Waals surface area contributed by atoms with Crippen LogP contribution < -0.4 is 5.32 Å². The van der Waals surface area contributed by atoms with Gasteiger partial charge in [0.1, 0.15) is 0 Å². The number of hydrogen-bond donors (Lipinski definition) is 1. The molecule has 1 aromatic rings. The first-order valence-corrected chi connectivity index (χ1v) is 8.35. The summed E-state index contributed by atoms with van der Waals surface area (Å²) in [6.07, 6.45) is 7.47. The lowest BCUT2D eigenvalue weighted by Crippen LogP contribution is -2.32. The zero-order valence-electron chi connectivity index (χ0n) is 12.4. The van der Waals surface area contributed by atoms with E-state index in [9.17, 15) is 4.79 Å². The Morgan fingerprint density at radius 3 is 2.80 bits per heavy atom. The van der Waals surface area contributed by atoms with Crippen LogP contribution in [0.15, 0.2) is 0 Å². The molecule has 0 saturated heterocycles. The van der Waals surface area contributed by atoms with E-state index in [2.05, 4.69) is 22.4 Å². The number of rotatable bonds is 6. The molecule has 1 heterocycles. The van der Waals surface area contributed by atoms with Crippen molar-refractivity contribution >= 4 is 22.4 Å². The summed E-state index contributed by atoms with van der Waals surface area (Å²) >= 11 is 1.35. The first-order chi connectivity index (χ1) is 9.70. The van der Waals surface area contributed by atoms with Gasteiger partial charge < -0.3 is 10.2 Å². The number of nitrogens with zero attached hydrogens (tertiary/aromatic N) is 3. The van der Waals surface area contributed by atoms with E-state index in [1.54, 1.807) is 4.90 Å². The van der Waals surface area contributed by atoms with Crippen LogP contribution in [-0.4, -0.2) is 41.1 Å². The molecule has 0 atom stereocenters. The zero-order valence-corrected chi connectivity index (χ0v) is 13.2. The molecule has 0 spiro atoms. The lowest BCUT2D eigenvalue weighted by atomic mass is 9.89. The van der Waals surface area contributed by atoms with Gasteiger partial charge in [0.05, 0.1) is 0 Å². The molecule has 0 aliphatic heterocycles. The summed E-state index contributed by atoms with van der Waals surface area (Å²) < 4.78 is 0. The number of carbonyl (C=O) groups excluding carboxylic acids is 1. The number of hydrogen-bond acceptors (Lipinski definition) is 5. The fourth-order valence-corrected chi connectivity index (χ4v) is 3.38. The lowest BCUT2D eigenvalue weighted by Gasteiger charge is -2.26. The molecular formula is C14H24N4OS. The molecule has 1 aromatic heterocycles. The van der Waals surface area contributed by atoms with Gasteiger partial charge in [0.2, 0.25) is 10.1 Å². The Kier molecular flexibility index (Phi) is 5.76. The molecule has 1 saturated carbocycles. The number of carbonyl (C=O) groups is 1. The van der Waals surface area contributed by atoms with Crippen molar-refractivity contribution < 1.29 is 4.79 Å². The zero-order chi connectivity index (χ0) is 14.4. The highest BCUT2D eigenvalue weighted by atomic mass is 32.1. The molecule has 112 valence electrons. The second-order valence-corrected chi connectivity index (χ2v) is 6.51. The van der Waals surface area contributed by atoms with Crippen LogP contribution >= 0.6 is 11.3 Å². The lowest BCUT2D eigenvalue weighted by molar-refractivity contribution is 0.0759. The molecule has 0 aromatic carbocycles. The van der Waals surface area contributed by atoms with Gasteiger partial charge in [-0.05, 0) is 25.2 Å². The fraction of sp³-hybridized carbons (Fsp3) is 0.786. The molecule has 0 unspecified atom stereocenters. The van der Waals surface area contributed by atoms with Crippen LogP contribution in [0.4, 0.5) is 5.13 Å². The van der Waals surface area contributed by atoms with Crippen molar-refractivity contribution in [3.05, 3.63) is 5.01 Å². The molecule has 2 rings (SSSR count). The minimum atomic E-state index is -0.00220. The molecule has 0 bridgehead atoms. The Morgan fingerprint density at radius 1 is 1.35 bits per heavy atom. The SMILES string of the molecule is CCCNc1nnc(C(=O)N(C)CC2CCCCC2)s1. The number of nitrogens with one attached hydrogen (secondary N) is 1. The summed E-state index contributed by atoms with van der Waals surface area (Å²) in [5, 5.41) is 12.4. The first kappa shape index (κ1) is 15.2. The Morgan fingerprint density at radius 2 is 2.10 bits per heavy atom. The summed E-state index contributed by atoms with van der Waals surface area (Å²) in [5.41, 5.74) is 0. The van der Waals surface area contributed by atoms with Crippen molar-refractivity contribution in [2.75, 3.05) is 25.5 Å². The van der Waals surface area contributed by atoms with E-state index in [-0.39, 0.29) is 5.91 Å². The minimum absolute atomic E-state index is 0.00220. The van der Waals surface area contributed by atoms with E-state index in [0.29, 0.717) is 10.9 Å². The minimum Gasteiger partial charge on any atom is -0.360 e. The van der Waals surface area contributed by atoms with Crippen LogP contribution in [0.25, 0.3) is 0 Å². The normalized spacial score (nSPS) is 16.1. The van der Waals surface area contributed by atoms with Gasteiger partial charge in [-0.3, -0.25) is 4.79 Å². The molecule has 20 heavy (non-hydrogen) atoms. The van der Waals surface area contributed by atoms with Crippen molar-refractivity contribution in [2.24, 2.45) is 5.92 Å².